The van der Waals surface area contributed by atoms with Gasteiger partial charge in [0, 0.05) is 24.2 Å². The monoisotopic (exact) mass is 352 g/mol. The van der Waals surface area contributed by atoms with Crippen molar-refractivity contribution < 1.29 is 19.5 Å². The number of nitrogens with one attached hydrogen (secondary N) is 2. The molecule has 1 aliphatic rings. The zero-order valence-electron chi connectivity index (χ0n) is 14.4. The van der Waals surface area contributed by atoms with Gasteiger partial charge in [-0.05, 0) is 42.7 Å². The molecule has 0 saturated carbocycles. The van der Waals surface area contributed by atoms with Crippen molar-refractivity contribution in [2.45, 2.75) is 25.2 Å². The van der Waals surface area contributed by atoms with E-state index in [1.54, 1.807) is 49.4 Å². The molecule has 3 rings (SSSR count). The summed E-state index contributed by atoms with van der Waals surface area (Å²) in [6, 6.07) is 13.9. The average molecular weight is 352 g/mol. The molecule has 0 bridgehead atoms. The van der Waals surface area contributed by atoms with Crippen LogP contribution in [0.5, 0.6) is 0 Å². The summed E-state index contributed by atoms with van der Waals surface area (Å²) in [5.41, 5.74) is 1.47. The Morgan fingerprint density at radius 2 is 1.88 bits per heavy atom. The summed E-state index contributed by atoms with van der Waals surface area (Å²) in [5.74, 6) is -1.37. The summed E-state index contributed by atoms with van der Waals surface area (Å²) in [4.78, 5) is 35.7. The number of hydrogen-bond acceptors (Lipinski definition) is 3. The summed E-state index contributed by atoms with van der Waals surface area (Å²) in [6.45, 7) is 1.56. The number of hydrogen-bond donors (Lipinski definition) is 3. The number of fused-ring (bicyclic) bond motifs is 1. The quantitative estimate of drug-likeness (QED) is 0.770. The predicted octanol–water partition coefficient (Wildman–Crippen LogP) is 2.34. The van der Waals surface area contributed by atoms with E-state index in [-0.39, 0.29) is 18.4 Å². The summed E-state index contributed by atoms with van der Waals surface area (Å²) in [5, 5.41) is 15.2. The van der Waals surface area contributed by atoms with E-state index in [0.717, 1.165) is 11.3 Å². The summed E-state index contributed by atoms with van der Waals surface area (Å²) >= 11 is 0. The molecule has 0 saturated heterocycles. The highest BCUT2D eigenvalue weighted by Gasteiger charge is 2.35. The Bertz CT molecular complexity index is 863. The van der Waals surface area contributed by atoms with Gasteiger partial charge in [-0.25, -0.2) is 0 Å². The Kier molecular flexibility index (Phi) is 4.75. The molecule has 0 fully saturated rings. The molecule has 0 spiro atoms. The van der Waals surface area contributed by atoms with Crippen LogP contribution < -0.4 is 10.6 Å². The van der Waals surface area contributed by atoms with E-state index in [9.17, 15) is 19.5 Å². The Balaban J connectivity index is 1.75. The Morgan fingerprint density at radius 1 is 1.15 bits per heavy atom. The third-order valence-corrected chi connectivity index (χ3v) is 4.75. The predicted molar refractivity (Wildman–Crippen MR) is 97.2 cm³/mol. The van der Waals surface area contributed by atoms with E-state index in [2.05, 4.69) is 10.6 Å². The highest BCUT2D eigenvalue weighted by Crippen LogP contribution is 2.25. The second kappa shape index (κ2) is 7.00. The van der Waals surface area contributed by atoms with Crippen LogP contribution >= 0.6 is 0 Å². The number of rotatable bonds is 5. The molecule has 2 aromatic carbocycles. The Labute approximate surface area is 151 Å². The van der Waals surface area contributed by atoms with E-state index in [1.807, 2.05) is 6.07 Å². The number of carboxylic acids is 1. The van der Waals surface area contributed by atoms with Crippen LogP contribution in [0.15, 0.2) is 48.5 Å². The third-order valence-electron chi connectivity index (χ3n) is 4.75. The van der Waals surface area contributed by atoms with Gasteiger partial charge >= 0.3 is 5.97 Å². The number of benzene rings is 2. The van der Waals surface area contributed by atoms with E-state index in [4.69, 9.17) is 0 Å². The van der Waals surface area contributed by atoms with Gasteiger partial charge in [-0.2, -0.15) is 0 Å². The highest BCUT2D eigenvalue weighted by atomic mass is 16.4. The van der Waals surface area contributed by atoms with Crippen LogP contribution in [0.25, 0.3) is 0 Å². The average Bonchev–Trinajstić information content (AvgIpc) is 2.65. The topological polar surface area (TPSA) is 95.5 Å². The maximum Gasteiger partial charge on any atom is 0.315 e. The Hall–Kier alpha value is -3.15. The standard InChI is InChI=1S/C20H20N2O4/c1-20(19(25)26,15-5-3-2-4-6-15)12-21-18(24)14-7-9-16-13(11-14)8-10-17(23)22-16/h2-7,9,11H,8,10,12H2,1H3,(H,21,24)(H,22,23)(H,25,26). The molecular weight excluding hydrogens is 332 g/mol. The minimum atomic E-state index is -1.22. The molecule has 26 heavy (non-hydrogen) atoms. The molecule has 6 nitrogen and oxygen atoms in total. The first-order chi connectivity index (χ1) is 12.4. The molecule has 2 aromatic rings. The lowest BCUT2D eigenvalue weighted by Gasteiger charge is -2.26. The molecule has 1 atom stereocenters. The van der Waals surface area contributed by atoms with Crippen LogP contribution in [0.1, 0.15) is 34.8 Å². The van der Waals surface area contributed by atoms with Crippen LogP contribution in [0, 0.1) is 0 Å². The highest BCUT2D eigenvalue weighted by molar-refractivity contribution is 5.98. The van der Waals surface area contributed by atoms with E-state index < -0.39 is 11.4 Å². The van der Waals surface area contributed by atoms with Crippen LogP contribution in [0.3, 0.4) is 0 Å². The van der Waals surface area contributed by atoms with Crippen molar-refractivity contribution in [1.29, 1.82) is 0 Å². The summed E-state index contributed by atoms with van der Waals surface area (Å²) in [6.07, 6.45) is 0.975. The molecule has 3 N–H and O–H groups in total. The van der Waals surface area contributed by atoms with Gasteiger partial charge in [0.05, 0.1) is 0 Å². The lowest BCUT2D eigenvalue weighted by Crippen LogP contribution is -2.44. The van der Waals surface area contributed by atoms with Gasteiger partial charge < -0.3 is 15.7 Å². The zero-order valence-corrected chi connectivity index (χ0v) is 14.4. The van der Waals surface area contributed by atoms with Crippen molar-refractivity contribution in [2.24, 2.45) is 0 Å². The maximum absolute atomic E-state index is 12.5. The normalized spacial score (nSPS) is 15.3. The number of aryl methyl sites for hydroxylation is 1. The van der Waals surface area contributed by atoms with E-state index >= 15 is 0 Å². The van der Waals surface area contributed by atoms with Crippen LogP contribution in [-0.2, 0) is 21.4 Å². The van der Waals surface area contributed by atoms with Gasteiger partial charge in [-0.15, -0.1) is 0 Å². The van der Waals surface area contributed by atoms with E-state index in [0.29, 0.717) is 24.0 Å². The fourth-order valence-electron chi connectivity index (χ4n) is 2.99. The van der Waals surface area contributed by atoms with Crippen LogP contribution in [0.4, 0.5) is 5.69 Å². The molecular formula is C20H20N2O4. The SMILES string of the molecule is CC(CNC(=O)c1ccc2c(c1)CCC(=O)N2)(C(=O)O)c1ccccc1. The molecule has 0 aliphatic carbocycles. The molecule has 0 aromatic heterocycles. The van der Waals surface area contributed by atoms with Crippen LogP contribution in [-0.4, -0.2) is 29.4 Å². The number of carboxylic acid groups (broad SMARTS) is 1. The van der Waals surface area contributed by atoms with E-state index in [1.165, 1.54) is 0 Å². The Morgan fingerprint density at radius 3 is 2.58 bits per heavy atom. The molecule has 2 amide bonds. The molecule has 1 unspecified atom stereocenters. The molecule has 1 aliphatic heterocycles. The minimum absolute atomic E-state index is 0.0288. The number of carbonyl (C=O) groups is 3. The molecule has 1 heterocycles. The first kappa shape index (κ1) is 17.7. The zero-order chi connectivity index (χ0) is 18.7. The van der Waals surface area contributed by atoms with Gasteiger partial charge in [-0.3, -0.25) is 14.4 Å². The fraction of sp³-hybridized carbons (Fsp3) is 0.250. The number of anilines is 1. The lowest BCUT2D eigenvalue weighted by atomic mass is 9.82. The van der Waals surface area contributed by atoms with Gasteiger partial charge in [0.25, 0.3) is 5.91 Å². The number of carbonyl (C=O) groups excluding carboxylic acids is 2. The van der Waals surface area contributed by atoms with Crippen molar-refractivity contribution in [3.63, 3.8) is 0 Å². The van der Waals surface area contributed by atoms with Crippen LogP contribution in [0.2, 0.25) is 0 Å². The molecule has 0 radical (unpaired) electrons. The molecule has 6 heteroatoms. The van der Waals surface area contributed by atoms with Gasteiger partial charge in [0.1, 0.15) is 5.41 Å². The van der Waals surface area contributed by atoms with Crippen molar-refractivity contribution in [3.8, 4) is 0 Å². The van der Waals surface area contributed by atoms with Crippen molar-refractivity contribution in [1.82, 2.24) is 5.32 Å². The first-order valence-corrected chi connectivity index (χ1v) is 8.40. The van der Waals surface area contributed by atoms with Crippen molar-refractivity contribution in [2.75, 3.05) is 11.9 Å². The van der Waals surface area contributed by atoms with Gasteiger partial charge in [0.15, 0.2) is 0 Å². The summed E-state index contributed by atoms with van der Waals surface area (Å²) in [7, 11) is 0. The number of amides is 2. The maximum atomic E-state index is 12.5. The second-order valence-corrected chi connectivity index (χ2v) is 6.61. The van der Waals surface area contributed by atoms with Gasteiger partial charge in [-0.1, -0.05) is 30.3 Å². The lowest BCUT2D eigenvalue weighted by molar-refractivity contribution is -0.143. The van der Waals surface area contributed by atoms with Crippen molar-refractivity contribution in [3.05, 3.63) is 65.2 Å². The summed E-state index contributed by atoms with van der Waals surface area (Å²) < 4.78 is 0. The minimum Gasteiger partial charge on any atom is -0.481 e. The fourth-order valence-corrected chi connectivity index (χ4v) is 2.99. The van der Waals surface area contributed by atoms with Crippen molar-refractivity contribution >= 4 is 23.5 Å². The number of aliphatic carboxylic acids is 1. The largest absolute Gasteiger partial charge is 0.481 e. The van der Waals surface area contributed by atoms with Gasteiger partial charge in [0.2, 0.25) is 5.91 Å². The smallest absolute Gasteiger partial charge is 0.315 e. The third kappa shape index (κ3) is 3.44. The molecule has 134 valence electrons. The first-order valence-electron chi connectivity index (χ1n) is 8.40. The second-order valence-electron chi connectivity index (χ2n) is 6.61.